The van der Waals surface area contributed by atoms with E-state index in [1.807, 2.05) is 6.92 Å². The van der Waals surface area contributed by atoms with Crippen LogP contribution in [0.15, 0.2) is 27.6 Å². The monoisotopic (exact) mass is 349 g/mol. The lowest BCUT2D eigenvalue weighted by molar-refractivity contribution is 0.0314. The van der Waals surface area contributed by atoms with Gasteiger partial charge < -0.3 is 9.84 Å². The molecule has 1 aromatic carbocycles. The third-order valence-electron chi connectivity index (χ3n) is 3.05. The molecule has 0 amide bonds. The second-order valence-corrected chi connectivity index (χ2v) is 7.38. The van der Waals surface area contributed by atoms with Crippen LogP contribution in [0.25, 0.3) is 0 Å². The highest BCUT2D eigenvalue weighted by molar-refractivity contribution is 9.10. The Balaban J connectivity index is 2.14. The van der Waals surface area contributed by atoms with Crippen molar-refractivity contribution in [3.63, 3.8) is 0 Å². The Bertz CT molecular complexity index is 567. The van der Waals surface area contributed by atoms with Crippen molar-refractivity contribution in [2.75, 3.05) is 19.8 Å². The molecule has 1 saturated heterocycles. The lowest BCUT2D eigenvalue weighted by Gasteiger charge is -2.20. The van der Waals surface area contributed by atoms with Gasteiger partial charge in [-0.05, 0) is 40.5 Å². The topological polar surface area (TPSA) is 75.6 Å². The van der Waals surface area contributed by atoms with Crippen LogP contribution in [-0.4, -0.2) is 38.9 Å². The minimum atomic E-state index is -3.65. The largest absolute Gasteiger partial charge is 0.386 e. The Hall–Kier alpha value is -0.470. The normalized spacial score (nSPS) is 23.7. The van der Waals surface area contributed by atoms with Gasteiger partial charge in [0.2, 0.25) is 10.0 Å². The Kier molecular flexibility index (Phi) is 4.32. The van der Waals surface area contributed by atoms with Crippen molar-refractivity contribution in [2.24, 2.45) is 0 Å². The molecule has 1 fully saturated rings. The molecular weight excluding hydrogens is 334 g/mol. The minimum Gasteiger partial charge on any atom is -0.386 e. The Morgan fingerprint density at radius 2 is 2.26 bits per heavy atom. The van der Waals surface area contributed by atoms with Crippen molar-refractivity contribution >= 4 is 26.0 Å². The van der Waals surface area contributed by atoms with Gasteiger partial charge >= 0.3 is 0 Å². The van der Waals surface area contributed by atoms with Gasteiger partial charge in [0.1, 0.15) is 5.60 Å². The number of ether oxygens (including phenoxy) is 1. The van der Waals surface area contributed by atoms with Gasteiger partial charge in [0.15, 0.2) is 0 Å². The first-order chi connectivity index (χ1) is 8.82. The van der Waals surface area contributed by atoms with Gasteiger partial charge in [-0.1, -0.05) is 6.07 Å². The van der Waals surface area contributed by atoms with Gasteiger partial charge in [0.25, 0.3) is 0 Å². The molecule has 106 valence electrons. The van der Waals surface area contributed by atoms with E-state index in [0.717, 1.165) is 5.56 Å². The van der Waals surface area contributed by atoms with E-state index >= 15 is 0 Å². The first kappa shape index (κ1) is 14.9. The number of aliphatic hydroxyl groups is 1. The highest BCUT2D eigenvalue weighted by atomic mass is 79.9. The molecule has 1 heterocycles. The summed E-state index contributed by atoms with van der Waals surface area (Å²) in [5.41, 5.74) is -0.141. The first-order valence-corrected chi connectivity index (χ1v) is 8.16. The number of benzene rings is 1. The van der Waals surface area contributed by atoms with E-state index in [9.17, 15) is 13.5 Å². The van der Waals surface area contributed by atoms with Crippen molar-refractivity contribution in [3.05, 3.63) is 28.2 Å². The maximum absolute atomic E-state index is 12.2. The number of nitrogens with one attached hydrogen (secondary N) is 1. The Morgan fingerprint density at radius 1 is 1.53 bits per heavy atom. The van der Waals surface area contributed by atoms with Crippen LogP contribution in [0.3, 0.4) is 0 Å². The van der Waals surface area contributed by atoms with Crippen molar-refractivity contribution in [3.8, 4) is 0 Å². The van der Waals surface area contributed by atoms with E-state index in [1.54, 1.807) is 12.1 Å². The van der Waals surface area contributed by atoms with Gasteiger partial charge in [-0.3, -0.25) is 0 Å². The molecule has 0 aromatic heterocycles. The van der Waals surface area contributed by atoms with E-state index < -0.39 is 15.6 Å². The highest BCUT2D eigenvalue weighted by Crippen LogP contribution is 2.24. The van der Waals surface area contributed by atoms with Crippen LogP contribution < -0.4 is 4.72 Å². The second-order valence-electron chi connectivity index (χ2n) is 4.79. The fourth-order valence-electron chi connectivity index (χ4n) is 1.87. The van der Waals surface area contributed by atoms with Crippen LogP contribution in [0, 0.1) is 6.92 Å². The second kappa shape index (κ2) is 5.49. The van der Waals surface area contributed by atoms with E-state index in [-0.39, 0.29) is 18.0 Å². The average molecular weight is 350 g/mol. The maximum Gasteiger partial charge on any atom is 0.241 e. The SMILES string of the molecule is Cc1ccc(S(=O)(=O)NCC2(O)CCOC2)c(Br)c1. The van der Waals surface area contributed by atoms with Crippen LogP contribution in [0.5, 0.6) is 0 Å². The lowest BCUT2D eigenvalue weighted by Crippen LogP contribution is -2.43. The standard InChI is InChI=1S/C12H16BrNO4S/c1-9-2-3-11(10(13)6-9)19(16,17)14-7-12(15)4-5-18-8-12/h2-3,6,14-15H,4-5,7-8H2,1H3. The molecule has 19 heavy (non-hydrogen) atoms. The molecule has 2 N–H and O–H groups in total. The lowest BCUT2D eigenvalue weighted by atomic mass is 10.1. The number of aryl methyl sites for hydroxylation is 1. The van der Waals surface area contributed by atoms with Gasteiger partial charge in [0.05, 0.1) is 11.5 Å². The smallest absolute Gasteiger partial charge is 0.241 e. The number of halogens is 1. The zero-order valence-electron chi connectivity index (χ0n) is 10.5. The fourth-order valence-corrected chi connectivity index (χ4v) is 4.18. The van der Waals surface area contributed by atoms with Crippen LogP contribution in [-0.2, 0) is 14.8 Å². The fraction of sp³-hybridized carbons (Fsp3) is 0.500. The quantitative estimate of drug-likeness (QED) is 0.855. The molecule has 0 aliphatic carbocycles. The molecule has 0 radical (unpaired) electrons. The number of rotatable bonds is 4. The van der Waals surface area contributed by atoms with Crippen LogP contribution in [0.4, 0.5) is 0 Å². The summed E-state index contributed by atoms with van der Waals surface area (Å²) in [7, 11) is -3.65. The summed E-state index contributed by atoms with van der Waals surface area (Å²) in [4.78, 5) is 0.167. The average Bonchev–Trinajstić information content (AvgIpc) is 2.74. The zero-order chi connectivity index (χ0) is 14.1. The van der Waals surface area contributed by atoms with Crippen LogP contribution >= 0.6 is 15.9 Å². The van der Waals surface area contributed by atoms with Crippen molar-refractivity contribution in [1.29, 1.82) is 0 Å². The first-order valence-electron chi connectivity index (χ1n) is 5.88. The van der Waals surface area contributed by atoms with Crippen LogP contribution in [0.1, 0.15) is 12.0 Å². The molecule has 0 bridgehead atoms. The molecule has 1 aromatic rings. The molecule has 1 aliphatic heterocycles. The van der Waals surface area contributed by atoms with Gasteiger partial charge in [-0.15, -0.1) is 0 Å². The highest BCUT2D eigenvalue weighted by Gasteiger charge is 2.33. The van der Waals surface area contributed by atoms with Gasteiger partial charge in [0, 0.05) is 24.0 Å². The van der Waals surface area contributed by atoms with E-state index in [0.29, 0.717) is 17.5 Å². The van der Waals surface area contributed by atoms with Gasteiger partial charge in [-0.25, -0.2) is 13.1 Å². The summed E-state index contributed by atoms with van der Waals surface area (Å²) in [6.07, 6.45) is 0.435. The summed E-state index contributed by atoms with van der Waals surface area (Å²) < 4.78 is 32.4. The van der Waals surface area contributed by atoms with E-state index in [1.165, 1.54) is 6.07 Å². The Morgan fingerprint density at radius 3 is 2.84 bits per heavy atom. The third kappa shape index (κ3) is 3.55. The molecule has 1 aliphatic rings. The zero-order valence-corrected chi connectivity index (χ0v) is 12.9. The third-order valence-corrected chi connectivity index (χ3v) is 5.43. The summed E-state index contributed by atoms with van der Waals surface area (Å²) in [6, 6.07) is 5.01. The maximum atomic E-state index is 12.2. The van der Waals surface area contributed by atoms with Crippen molar-refractivity contribution < 1.29 is 18.3 Å². The summed E-state index contributed by atoms with van der Waals surface area (Å²) in [5.74, 6) is 0. The number of sulfonamides is 1. The molecule has 0 saturated carbocycles. The summed E-state index contributed by atoms with van der Waals surface area (Å²) in [6.45, 7) is 2.44. The molecule has 0 spiro atoms. The van der Waals surface area contributed by atoms with Crippen molar-refractivity contribution in [2.45, 2.75) is 23.8 Å². The van der Waals surface area contributed by atoms with Gasteiger partial charge in [-0.2, -0.15) is 0 Å². The number of hydrogen-bond acceptors (Lipinski definition) is 4. The van der Waals surface area contributed by atoms with Crippen LogP contribution in [0.2, 0.25) is 0 Å². The predicted octanol–water partition coefficient (Wildman–Crippen LogP) is 1.19. The number of hydrogen-bond donors (Lipinski definition) is 2. The predicted molar refractivity (Wildman–Crippen MR) is 74.5 cm³/mol. The Labute approximate surface area is 121 Å². The summed E-state index contributed by atoms with van der Waals surface area (Å²) in [5, 5.41) is 10.1. The van der Waals surface area contributed by atoms with E-state index in [4.69, 9.17) is 4.74 Å². The molecule has 1 atom stereocenters. The molecular formula is C12H16BrNO4S. The minimum absolute atomic E-state index is 0.0460. The summed E-state index contributed by atoms with van der Waals surface area (Å²) >= 11 is 3.24. The van der Waals surface area contributed by atoms with Crippen molar-refractivity contribution in [1.82, 2.24) is 4.72 Å². The molecule has 2 rings (SSSR count). The van der Waals surface area contributed by atoms with E-state index in [2.05, 4.69) is 20.7 Å². The molecule has 5 nitrogen and oxygen atoms in total. The molecule has 1 unspecified atom stereocenters. The molecule has 7 heteroatoms.